The molecule has 0 bridgehead atoms. The maximum absolute atomic E-state index is 11.0. The van der Waals surface area contributed by atoms with Gasteiger partial charge in [-0.15, -0.1) is 0 Å². The molecule has 0 aliphatic rings. The van der Waals surface area contributed by atoms with E-state index in [4.69, 9.17) is 5.10 Å². The van der Waals surface area contributed by atoms with Crippen molar-refractivity contribution in [1.29, 1.82) is 0 Å². The highest BCUT2D eigenvalue weighted by Crippen LogP contribution is 2.32. The summed E-state index contributed by atoms with van der Waals surface area (Å²) in [5, 5.41) is 19.9. The average Bonchev–Trinajstić information content (AvgIpc) is 3.27. The first kappa shape index (κ1) is 18.6. The fourth-order valence-corrected chi connectivity index (χ4v) is 3.54. The van der Waals surface area contributed by atoms with Crippen LogP contribution in [0.3, 0.4) is 0 Å². The molecule has 0 amide bonds. The molecular weight excluding hydrogens is 366 g/mol. The molecule has 0 N–H and O–H groups in total. The number of nitro groups is 1. The van der Waals surface area contributed by atoms with Crippen molar-refractivity contribution >= 4 is 5.82 Å². The van der Waals surface area contributed by atoms with Crippen LogP contribution in [0.4, 0.5) is 5.82 Å². The molecule has 7 heteroatoms. The van der Waals surface area contributed by atoms with Crippen molar-refractivity contribution in [2.75, 3.05) is 0 Å². The summed E-state index contributed by atoms with van der Waals surface area (Å²) in [6, 6.07) is 17.9. The van der Waals surface area contributed by atoms with Crippen LogP contribution >= 0.6 is 0 Å². The van der Waals surface area contributed by atoms with Gasteiger partial charge in [-0.1, -0.05) is 47.5 Å². The first-order chi connectivity index (χ1) is 13.9. The Hall–Kier alpha value is -3.74. The number of hydrogen-bond donors (Lipinski definition) is 0. The maximum Gasteiger partial charge on any atom is 0.389 e. The molecule has 0 saturated carbocycles. The summed E-state index contributed by atoms with van der Waals surface area (Å²) in [6.45, 7) is 6.45. The third-order valence-corrected chi connectivity index (χ3v) is 4.86. The highest BCUT2D eigenvalue weighted by atomic mass is 16.6. The molecule has 2 aromatic carbocycles. The largest absolute Gasteiger partial charge is 0.389 e. The average molecular weight is 387 g/mol. The van der Waals surface area contributed by atoms with Crippen molar-refractivity contribution in [3.05, 3.63) is 87.6 Å². The van der Waals surface area contributed by atoms with E-state index in [2.05, 4.69) is 56.2 Å². The van der Waals surface area contributed by atoms with E-state index in [-0.39, 0.29) is 12.5 Å². The van der Waals surface area contributed by atoms with Gasteiger partial charge in [0, 0.05) is 16.7 Å². The minimum Gasteiger partial charge on any atom is -0.358 e. The lowest BCUT2D eigenvalue weighted by Crippen LogP contribution is -2.12. The van der Waals surface area contributed by atoms with Gasteiger partial charge >= 0.3 is 5.82 Å². The summed E-state index contributed by atoms with van der Waals surface area (Å²) in [4.78, 5) is 10.5. The second kappa shape index (κ2) is 7.35. The van der Waals surface area contributed by atoms with E-state index in [0.717, 1.165) is 39.2 Å². The molecule has 2 heterocycles. The second-order valence-electron chi connectivity index (χ2n) is 7.17. The molecule has 0 fully saturated rings. The van der Waals surface area contributed by atoms with Gasteiger partial charge in [0.2, 0.25) is 0 Å². The van der Waals surface area contributed by atoms with Crippen LogP contribution in [-0.4, -0.2) is 24.5 Å². The van der Waals surface area contributed by atoms with E-state index in [9.17, 15) is 10.1 Å². The number of rotatable bonds is 5. The predicted molar refractivity (Wildman–Crippen MR) is 112 cm³/mol. The van der Waals surface area contributed by atoms with E-state index in [1.54, 1.807) is 6.20 Å². The zero-order chi connectivity index (χ0) is 20.5. The van der Waals surface area contributed by atoms with Crippen LogP contribution in [0.1, 0.15) is 16.7 Å². The second-order valence-corrected chi connectivity index (χ2v) is 7.17. The van der Waals surface area contributed by atoms with Crippen LogP contribution < -0.4 is 0 Å². The molecule has 2 aromatic heterocycles. The Labute approximate surface area is 168 Å². The lowest BCUT2D eigenvalue weighted by molar-refractivity contribution is -0.389. The Kier molecular flexibility index (Phi) is 4.72. The van der Waals surface area contributed by atoms with Gasteiger partial charge in [-0.25, -0.2) is 4.68 Å². The zero-order valence-electron chi connectivity index (χ0n) is 16.5. The molecule has 146 valence electrons. The smallest absolute Gasteiger partial charge is 0.358 e. The minimum absolute atomic E-state index is 0.176. The summed E-state index contributed by atoms with van der Waals surface area (Å²) < 4.78 is 3.39. The molecule has 0 atom stereocenters. The normalized spacial score (nSPS) is 11.0. The van der Waals surface area contributed by atoms with Crippen molar-refractivity contribution in [1.82, 2.24) is 19.6 Å². The van der Waals surface area contributed by atoms with Crippen molar-refractivity contribution in [2.24, 2.45) is 0 Å². The first-order valence-corrected chi connectivity index (χ1v) is 9.31. The number of aryl methyl sites for hydroxylation is 2. The van der Waals surface area contributed by atoms with E-state index in [0.29, 0.717) is 0 Å². The third-order valence-electron chi connectivity index (χ3n) is 4.86. The molecule has 0 unspecified atom stereocenters. The molecule has 0 spiro atoms. The van der Waals surface area contributed by atoms with Gasteiger partial charge < -0.3 is 10.1 Å². The molecule has 4 rings (SSSR count). The molecule has 7 nitrogen and oxygen atoms in total. The number of benzene rings is 2. The van der Waals surface area contributed by atoms with Crippen molar-refractivity contribution < 1.29 is 4.92 Å². The van der Waals surface area contributed by atoms with Crippen LogP contribution in [0.5, 0.6) is 0 Å². The van der Waals surface area contributed by atoms with Crippen molar-refractivity contribution in [2.45, 2.75) is 27.4 Å². The van der Waals surface area contributed by atoms with Crippen LogP contribution in [0.25, 0.3) is 22.5 Å². The van der Waals surface area contributed by atoms with Gasteiger partial charge in [0.15, 0.2) is 6.67 Å². The lowest BCUT2D eigenvalue weighted by atomic mass is 10.0. The highest BCUT2D eigenvalue weighted by Gasteiger charge is 2.19. The fourth-order valence-electron chi connectivity index (χ4n) is 3.54. The Morgan fingerprint density at radius 3 is 2.21 bits per heavy atom. The monoisotopic (exact) mass is 387 g/mol. The SMILES string of the molecule is Cc1cccc(-c2nn(Cn3ccc([N+](=O)[O-])n3)c(-c3cccc(C)c3)c2C)c1. The Morgan fingerprint density at radius 1 is 0.931 bits per heavy atom. The highest BCUT2D eigenvalue weighted by molar-refractivity contribution is 5.74. The van der Waals surface area contributed by atoms with Crippen LogP contribution in [0.2, 0.25) is 0 Å². The summed E-state index contributed by atoms with van der Waals surface area (Å²) in [6.07, 6.45) is 1.60. The van der Waals surface area contributed by atoms with Gasteiger partial charge in [-0.3, -0.25) is 0 Å². The molecule has 0 saturated heterocycles. The van der Waals surface area contributed by atoms with E-state index in [1.807, 2.05) is 22.9 Å². The Balaban J connectivity index is 1.85. The Morgan fingerprint density at radius 2 is 1.59 bits per heavy atom. The quantitative estimate of drug-likeness (QED) is 0.365. The van der Waals surface area contributed by atoms with Crippen LogP contribution in [0.15, 0.2) is 60.8 Å². The van der Waals surface area contributed by atoms with Crippen LogP contribution in [-0.2, 0) is 6.67 Å². The zero-order valence-corrected chi connectivity index (χ0v) is 16.5. The molecule has 4 aromatic rings. The van der Waals surface area contributed by atoms with Crippen molar-refractivity contribution in [3.8, 4) is 22.5 Å². The van der Waals surface area contributed by atoms with Crippen molar-refractivity contribution in [3.63, 3.8) is 0 Å². The molecule has 0 aliphatic carbocycles. The van der Waals surface area contributed by atoms with Gasteiger partial charge in [0.1, 0.15) is 0 Å². The van der Waals surface area contributed by atoms with Gasteiger partial charge in [0.25, 0.3) is 0 Å². The van der Waals surface area contributed by atoms with Crippen LogP contribution in [0, 0.1) is 30.9 Å². The number of nitrogens with zero attached hydrogens (tertiary/aromatic N) is 5. The number of aromatic nitrogens is 4. The summed E-state index contributed by atoms with van der Waals surface area (Å²) >= 11 is 0. The molecular formula is C22H21N5O2. The number of hydrogen-bond acceptors (Lipinski definition) is 4. The van der Waals surface area contributed by atoms with E-state index < -0.39 is 4.92 Å². The third kappa shape index (κ3) is 3.67. The molecule has 29 heavy (non-hydrogen) atoms. The lowest BCUT2D eigenvalue weighted by Gasteiger charge is -2.08. The van der Waals surface area contributed by atoms with Gasteiger partial charge in [0.05, 0.1) is 28.7 Å². The van der Waals surface area contributed by atoms with Gasteiger partial charge in [-0.2, -0.15) is 9.78 Å². The van der Waals surface area contributed by atoms with Gasteiger partial charge in [-0.05, 0) is 37.8 Å². The summed E-state index contributed by atoms with van der Waals surface area (Å²) in [7, 11) is 0. The van der Waals surface area contributed by atoms with E-state index >= 15 is 0 Å². The molecule has 0 aliphatic heterocycles. The topological polar surface area (TPSA) is 78.8 Å². The molecule has 0 radical (unpaired) electrons. The summed E-state index contributed by atoms with van der Waals surface area (Å²) in [5.41, 5.74) is 7.34. The fraction of sp³-hybridized carbons (Fsp3) is 0.182. The minimum atomic E-state index is -0.496. The Bertz CT molecular complexity index is 1210. The summed E-state index contributed by atoms with van der Waals surface area (Å²) in [5.74, 6) is -0.176. The van der Waals surface area contributed by atoms with E-state index in [1.165, 1.54) is 10.7 Å². The maximum atomic E-state index is 11.0. The first-order valence-electron chi connectivity index (χ1n) is 9.31. The predicted octanol–water partition coefficient (Wildman–Crippen LogP) is 4.75. The standard InChI is InChI=1S/C22H21N5O2/c1-15-6-4-8-18(12-15)21-17(3)22(19-9-5-7-16(2)13-19)26(24-21)14-25-11-10-20(23-25)27(28)29/h4-13H,14H2,1-3H3.